The van der Waals surface area contributed by atoms with Gasteiger partial charge in [0.05, 0.1) is 26.4 Å². The average Bonchev–Trinajstić information content (AvgIpc) is 3.07. The van der Waals surface area contributed by atoms with Crippen molar-refractivity contribution in [3.8, 4) is 0 Å². The van der Waals surface area contributed by atoms with Crippen LogP contribution in [-0.4, -0.2) is 28.7 Å². The number of nitrogens with zero attached hydrogens (tertiary/aromatic N) is 3. The van der Waals surface area contributed by atoms with Gasteiger partial charge in [-0.3, -0.25) is 14.3 Å². The van der Waals surface area contributed by atoms with Gasteiger partial charge in [-0.15, -0.1) is 0 Å². The average molecular weight is 380 g/mol. The Morgan fingerprint density at radius 1 is 1.36 bits per heavy atom. The molecule has 1 amide bonds. The minimum Gasteiger partial charge on any atom is -0.302 e. The van der Waals surface area contributed by atoms with Gasteiger partial charge in [-0.05, 0) is 32.0 Å². The molecule has 0 radical (unpaired) electrons. The molecule has 3 rings (SSSR count). The van der Waals surface area contributed by atoms with Crippen LogP contribution >= 0.6 is 11.3 Å². The molecule has 0 spiro atoms. The fraction of sp³-hybridized carbons (Fsp3) is 0.267. The van der Waals surface area contributed by atoms with Crippen molar-refractivity contribution >= 4 is 37.5 Å². The van der Waals surface area contributed by atoms with Crippen LogP contribution in [0.3, 0.4) is 0 Å². The van der Waals surface area contributed by atoms with Crippen LogP contribution in [0.5, 0.6) is 0 Å². The van der Waals surface area contributed by atoms with Crippen molar-refractivity contribution in [3.05, 3.63) is 45.3 Å². The van der Waals surface area contributed by atoms with E-state index < -0.39 is 15.9 Å². The molecule has 8 nitrogen and oxygen atoms in total. The molecule has 2 heterocycles. The maximum atomic E-state index is 12.5. The van der Waals surface area contributed by atoms with Gasteiger partial charge in [0.15, 0.2) is 0 Å². The lowest BCUT2D eigenvalue weighted by molar-refractivity contribution is 0.0980. The van der Waals surface area contributed by atoms with Gasteiger partial charge in [-0.25, -0.2) is 13.1 Å². The van der Waals surface area contributed by atoms with Gasteiger partial charge in [-0.2, -0.15) is 5.10 Å². The van der Waals surface area contributed by atoms with E-state index in [0.29, 0.717) is 22.5 Å². The van der Waals surface area contributed by atoms with Crippen molar-refractivity contribution in [3.63, 3.8) is 0 Å². The molecule has 0 saturated carbocycles. The molecule has 132 valence electrons. The molecule has 0 fully saturated rings. The van der Waals surface area contributed by atoms with Gasteiger partial charge in [0.25, 0.3) is 15.9 Å². The Kier molecular flexibility index (Phi) is 4.25. The molecular formula is C15H16N4O4S2. The first-order valence-electron chi connectivity index (χ1n) is 7.43. The van der Waals surface area contributed by atoms with Crippen LogP contribution in [0.25, 0.3) is 10.2 Å². The smallest absolute Gasteiger partial charge is 0.302 e. The zero-order valence-corrected chi connectivity index (χ0v) is 15.4. The van der Waals surface area contributed by atoms with Crippen LogP contribution in [0.1, 0.15) is 23.0 Å². The van der Waals surface area contributed by atoms with Crippen LogP contribution in [0.2, 0.25) is 0 Å². The second-order valence-corrected chi connectivity index (χ2v) is 8.15. The molecule has 0 unspecified atom stereocenters. The number of hydrogen-bond donors (Lipinski definition) is 1. The van der Waals surface area contributed by atoms with Crippen molar-refractivity contribution in [2.45, 2.75) is 25.3 Å². The van der Waals surface area contributed by atoms with E-state index in [9.17, 15) is 18.0 Å². The predicted octanol–water partition coefficient (Wildman–Crippen LogP) is 1.24. The molecule has 10 heteroatoms. The van der Waals surface area contributed by atoms with E-state index in [2.05, 4.69) is 9.82 Å². The third kappa shape index (κ3) is 3.10. The van der Waals surface area contributed by atoms with E-state index in [-0.39, 0.29) is 15.3 Å². The maximum Gasteiger partial charge on any atom is 0.307 e. The Hall–Kier alpha value is -2.46. The summed E-state index contributed by atoms with van der Waals surface area (Å²) >= 11 is 0.950. The third-order valence-electron chi connectivity index (χ3n) is 3.82. The summed E-state index contributed by atoms with van der Waals surface area (Å²) in [6.45, 7) is 4.08. The second kappa shape index (κ2) is 6.12. The number of carbonyl (C=O) groups excluding carboxylic acids is 1. The fourth-order valence-corrected chi connectivity index (χ4v) is 4.41. The first-order chi connectivity index (χ1) is 11.7. The van der Waals surface area contributed by atoms with Crippen molar-refractivity contribution in [1.29, 1.82) is 0 Å². The van der Waals surface area contributed by atoms with Crippen molar-refractivity contribution in [2.75, 3.05) is 0 Å². The van der Waals surface area contributed by atoms with E-state index in [4.69, 9.17) is 0 Å². The SMILES string of the molecule is CCn1cc(C(=O)NS(=O)(=O)c2ccc3c(c2)sc(=O)n3C)c(C)n1. The number of fused-ring (bicyclic) bond motifs is 1. The number of carbonyl (C=O) groups is 1. The molecule has 1 N–H and O–H groups in total. The van der Waals surface area contributed by atoms with Crippen LogP contribution in [-0.2, 0) is 23.6 Å². The summed E-state index contributed by atoms with van der Waals surface area (Å²) in [6, 6.07) is 4.30. The topological polar surface area (TPSA) is 103 Å². The summed E-state index contributed by atoms with van der Waals surface area (Å²) in [7, 11) is -2.44. The highest BCUT2D eigenvalue weighted by molar-refractivity contribution is 7.90. The van der Waals surface area contributed by atoms with Crippen molar-refractivity contribution < 1.29 is 13.2 Å². The normalized spacial score (nSPS) is 11.8. The van der Waals surface area contributed by atoms with E-state index in [1.54, 1.807) is 24.7 Å². The van der Waals surface area contributed by atoms with E-state index in [1.807, 2.05) is 6.92 Å². The van der Waals surface area contributed by atoms with E-state index in [1.165, 1.54) is 22.9 Å². The Bertz CT molecular complexity index is 1140. The van der Waals surface area contributed by atoms with Gasteiger partial charge in [0.1, 0.15) is 0 Å². The first kappa shape index (κ1) is 17.4. The Morgan fingerprint density at radius 2 is 2.08 bits per heavy atom. The van der Waals surface area contributed by atoms with Crippen LogP contribution in [0.4, 0.5) is 0 Å². The summed E-state index contributed by atoms with van der Waals surface area (Å²) < 4.78 is 30.6. The number of rotatable bonds is 4. The quantitative estimate of drug-likeness (QED) is 0.734. The Morgan fingerprint density at radius 3 is 2.72 bits per heavy atom. The molecule has 0 saturated heterocycles. The van der Waals surface area contributed by atoms with Crippen LogP contribution in [0.15, 0.2) is 34.1 Å². The highest BCUT2D eigenvalue weighted by Gasteiger charge is 2.22. The highest BCUT2D eigenvalue weighted by Crippen LogP contribution is 2.21. The molecule has 0 atom stereocenters. The number of thiazole rings is 1. The molecule has 0 aliphatic carbocycles. The minimum atomic E-state index is -4.06. The Balaban J connectivity index is 1.94. The van der Waals surface area contributed by atoms with Gasteiger partial charge < -0.3 is 4.57 Å². The predicted molar refractivity (Wildman–Crippen MR) is 94.4 cm³/mol. The number of aryl methyl sites for hydroxylation is 3. The van der Waals surface area contributed by atoms with Crippen LogP contribution in [0, 0.1) is 6.92 Å². The third-order valence-corrected chi connectivity index (χ3v) is 6.14. The molecule has 3 aromatic rings. The molecule has 2 aromatic heterocycles. The molecule has 1 aromatic carbocycles. The van der Waals surface area contributed by atoms with Crippen LogP contribution < -0.4 is 9.60 Å². The number of hydrogen-bond acceptors (Lipinski definition) is 6. The summed E-state index contributed by atoms with van der Waals surface area (Å²) in [4.78, 5) is 23.7. The summed E-state index contributed by atoms with van der Waals surface area (Å²) in [5.74, 6) is -0.737. The van der Waals surface area contributed by atoms with Crippen molar-refractivity contribution in [2.24, 2.45) is 7.05 Å². The minimum absolute atomic E-state index is 0.0734. The summed E-state index contributed by atoms with van der Waals surface area (Å²) in [5.41, 5.74) is 1.29. The maximum absolute atomic E-state index is 12.5. The number of aromatic nitrogens is 3. The van der Waals surface area contributed by atoms with Gasteiger partial charge in [-0.1, -0.05) is 11.3 Å². The summed E-state index contributed by atoms with van der Waals surface area (Å²) in [5, 5.41) is 4.13. The van der Waals surface area contributed by atoms with E-state index in [0.717, 1.165) is 11.3 Å². The molecule has 0 bridgehead atoms. The van der Waals surface area contributed by atoms with Gasteiger partial charge >= 0.3 is 4.87 Å². The largest absolute Gasteiger partial charge is 0.307 e. The number of nitrogens with one attached hydrogen (secondary N) is 1. The van der Waals surface area contributed by atoms with Gasteiger partial charge in [0, 0.05) is 19.8 Å². The standard InChI is InChI=1S/C15H16N4O4S2/c1-4-19-8-11(9(2)16-19)14(20)17-25(22,23)10-5-6-12-13(7-10)24-15(21)18(12)3/h5-8H,4H2,1-3H3,(H,17,20). The monoisotopic (exact) mass is 380 g/mol. The second-order valence-electron chi connectivity index (χ2n) is 5.48. The lowest BCUT2D eigenvalue weighted by atomic mass is 10.2. The molecule has 25 heavy (non-hydrogen) atoms. The van der Waals surface area contributed by atoms with E-state index >= 15 is 0 Å². The number of benzene rings is 1. The van der Waals surface area contributed by atoms with Crippen molar-refractivity contribution in [1.82, 2.24) is 19.1 Å². The summed E-state index contributed by atoms with van der Waals surface area (Å²) in [6.07, 6.45) is 1.51. The molecular weight excluding hydrogens is 364 g/mol. The lowest BCUT2D eigenvalue weighted by Crippen LogP contribution is -2.30. The fourth-order valence-electron chi connectivity index (χ4n) is 2.42. The lowest BCUT2D eigenvalue weighted by Gasteiger charge is -2.06. The highest BCUT2D eigenvalue weighted by atomic mass is 32.2. The molecule has 0 aliphatic rings. The zero-order valence-electron chi connectivity index (χ0n) is 13.8. The van der Waals surface area contributed by atoms with Gasteiger partial charge in [0.2, 0.25) is 0 Å². The molecule has 0 aliphatic heterocycles. The number of amides is 1. The zero-order chi connectivity index (χ0) is 18.4. The Labute approximate surface area is 147 Å². The first-order valence-corrected chi connectivity index (χ1v) is 9.73. The number of sulfonamides is 1.